The molecule has 2 aromatic rings. The van der Waals surface area contributed by atoms with Crippen LogP contribution in [0.25, 0.3) is 11.4 Å². The highest BCUT2D eigenvalue weighted by atomic mass is 19.1. The maximum absolute atomic E-state index is 13.0. The van der Waals surface area contributed by atoms with Gasteiger partial charge in [0.05, 0.1) is 0 Å². The molecule has 1 aliphatic heterocycles. The minimum absolute atomic E-state index is 0.00406. The van der Waals surface area contributed by atoms with E-state index in [2.05, 4.69) is 10.1 Å². The molecule has 7 nitrogen and oxygen atoms in total. The fourth-order valence-electron chi connectivity index (χ4n) is 3.08. The first-order valence-electron chi connectivity index (χ1n) is 9.40. The van der Waals surface area contributed by atoms with Gasteiger partial charge in [0.2, 0.25) is 23.5 Å². The first-order valence-corrected chi connectivity index (χ1v) is 9.40. The second-order valence-corrected chi connectivity index (χ2v) is 7.94. The molecule has 0 aliphatic carbocycles. The Hall–Kier alpha value is -2.77. The lowest BCUT2D eigenvalue weighted by atomic mass is 9.94. The van der Waals surface area contributed by atoms with Crippen LogP contribution in [0.2, 0.25) is 0 Å². The monoisotopic (exact) mass is 388 g/mol. The summed E-state index contributed by atoms with van der Waals surface area (Å²) in [6.07, 6.45) is 0.604. The summed E-state index contributed by atoms with van der Waals surface area (Å²) < 4.78 is 18.2. The molecule has 0 atom stereocenters. The molecule has 1 aliphatic rings. The first-order chi connectivity index (χ1) is 13.2. The van der Waals surface area contributed by atoms with Gasteiger partial charge in [-0.15, -0.1) is 0 Å². The summed E-state index contributed by atoms with van der Waals surface area (Å²) >= 11 is 0. The van der Waals surface area contributed by atoms with Gasteiger partial charge < -0.3 is 14.3 Å². The second kappa shape index (κ2) is 8.08. The van der Waals surface area contributed by atoms with Crippen LogP contribution in [0.1, 0.15) is 33.1 Å². The van der Waals surface area contributed by atoms with Gasteiger partial charge in [-0.3, -0.25) is 9.59 Å². The number of halogens is 1. The molecule has 3 rings (SSSR count). The highest BCUT2D eigenvalue weighted by Crippen LogP contribution is 2.19. The number of hydrogen-bond acceptors (Lipinski definition) is 5. The van der Waals surface area contributed by atoms with Gasteiger partial charge in [-0.05, 0) is 24.3 Å². The van der Waals surface area contributed by atoms with Crippen molar-refractivity contribution >= 4 is 11.8 Å². The molecule has 1 aromatic carbocycles. The standard InChI is InChI=1S/C20H25FN4O3/c1-20(2,3)19(27)25-12-10-24(11-13-25)17(26)9-8-16-22-18(23-28-16)14-4-6-15(21)7-5-14/h4-7H,8-13H2,1-3H3. The average Bonchev–Trinajstić information content (AvgIpc) is 3.14. The minimum atomic E-state index is -0.410. The van der Waals surface area contributed by atoms with Crippen LogP contribution in [0, 0.1) is 11.2 Å². The molecular formula is C20H25FN4O3. The van der Waals surface area contributed by atoms with E-state index >= 15 is 0 Å². The van der Waals surface area contributed by atoms with Crippen LogP contribution in [0.5, 0.6) is 0 Å². The quantitative estimate of drug-likeness (QED) is 0.804. The van der Waals surface area contributed by atoms with E-state index in [0.717, 1.165) is 0 Å². The Labute approximate surface area is 163 Å². The Morgan fingerprint density at radius 1 is 1.07 bits per heavy atom. The van der Waals surface area contributed by atoms with Gasteiger partial charge in [0.25, 0.3) is 0 Å². The van der Waals surface area contributed by atoms with Crippen molar-refractivity contribution in [1.82, 2.24) is 19.9 Å². The molecule has 1 fully saturated rings. The highest BCUT2D eigenvalue weighted by Gasteiger charge is 2.30. The Kier molecular flexibility index (Phi) is 5.76. The maximum atomic E-state index is 13.0. The normalized spacial score (nSPS) is 15.0. The number of carbonyl (C=O) groups is 2. The lowest BCUT2D eigenvalue weighted by Gasteiger charge is -2.37. The largest absolute Gasteiger partial charge is 0.339 e. The fourth-order valence-corrected chi connectivity index (χ4v) is 3.08. The van der Waals surface area contributed by atoms with E-state index in [1.54, 1.807) is 17.0 Å². The van der Waals surface area contributed by atoms with Crippen LogP contribution in [0.15, 0.2) is 28.8 Å². The van der Waals surface area contributed by atoms with Crippen molar-refractivity contribution in [2.75, 3.05) is 26.2 Å². The van der Waals surface area contributed by atoms with Crippen molar-refractivity contribution in [3.63, 3.8) is 0 Å². The van der Waals surface area contributed by atoms with Crippen molar-refractivity contribution in [3.8, 4) is 11.4 Å². The van der Waals surface area contributed by atoms with Gasteiger partial charge in [0, 0.05) is 50.0 Å². The van der Waals surface area contributed by atoms with Crippen molar-refractivity contribution in [2.24, 2.45) is 5.41 Å². The molecule has 1 aromatic heterocycles. The zero-order chi connectivity index (χ0) is 20.3. The smallest absolute Gasteiger partial charge is 0.228 e. The SMILES string of the molecule is CC(C)(C)C(=O)N1CCN(C(=O)CCc2nc(-c3ccc(F)cc3)no2)CC1. The van der Waals surface area contributed by atoms with Gasteiger partial charge in [-0.1, -0.05) is 25.9 Å². The Bertz CT molecular complexity index is 834. The lowest BCUT2D eigenvalue weighted by molar-refractivity contribution is -0.144. The van der Waals surface area contributed by atoms with Crippen molar-refractivity contribution in [2.45, 2.75) is 33.6 Å². The molecule has 0 bridgehead atoms. The van der Waals surface area contributed by atoms with Crippen LogP contribution >= 0.6 is 0 Å². The summed E-state index contributed by atoms with van der Waals surface area (Å²) in [5.41, 5.74) is 0.245. The van der Waals surface area contributed by atoms with Gasteiger partial charge in [-0.25, -0.2) is 4.39 Å². The second-order valence-electron chi connectivity index (χ2n) is 7.94. The van der Waals surface area contributed by atoms with Gasteiger partial charge in [0.15, 0.2) is 0 Å². The molecule has 0 saturated carbocycles. The van der Waals surface area contributed by atoms with E-state index in [4.69, 9.17) is 4.52 Å². The average molecular weight is 388 g/mol. The van der Waals surface area contributed by atoms with Crippen molar-refractivity contribution in [1.29, 1.82) is 0 Å². The topological polar surface area (TPSA) is 79.5 Å². The van der Waals surface area contributed by atoms with Crippen LogP contribution in [0.4, 0.5) is 4.39 Å². The first kappa shape index (κ1) is 20.0. The number of hydrogen-bond donors (Lipinski definition) is 0. The molecular weight excluding hydrogens is 363 g/mol. The summed E-state index contributed by atoms with van der Waals surface area (Å²) in [6, 6.07) is 5.82. The number of carbonyl (C=O) groups excluding carboxylic acids is 2. The molecule has 0 spiro atoms. The number of aryl methyl sites for hydroxylation is 1. The minimum Gasteiger partial charge on any atom is -0.339 e. The number of benzene rings is 1. The number of aromatic nitrogens is 2. The van der Waals surface area contributed by atoms with Crippen molar-refractivity contribution in [3.05, 3.63) is 36.0 Å². The summed E-state index contributed by atoms with van der Waals surface area (Å²) in [7, 11) is 0. The highest BCUT2D eigenvalue weighted by molar-refractivity contribution is 5.82. The molecule has 8 heteroatoms. The molecule has 1 saturated heterocycles. The van der Waals surface area contributed by atoms with Crippen LogP contribution < -0.4 is 0 Å². The number of piperazine rings is 1. The number of amides is 2. The van der Waals surface area contributed by atoms with E-state index in [9.17, 15) is 14.0 Å². The predicted molar refractivity (Wildman–Crippen MR) is 101 cm³/mol. The summed E-state index contributed by atoms with van der Waals surface area (Å²) in [6.45, 7) is 7.87. The lowest BCUT2D eigenvalue weighted by Crippen LogP contribution is -2.53. The zero-order valence-corrected chi connectivity index (χ0v) is 16.4. The van der Waals surface area contributed by atoms with E-state index in [0.29, 0.717) is 49.9 Å². The van der Waals surface area contributed by atoms with Crippen LogP contribution in [0.3, 0.4) is 0 Å². The number of nitrogens with zero attached hydrogens (tertiary/aromatic N) is 4. The molecule has 150 valence electrons. The Morgan fingerprint density at radius 3 is 2.29 bits per heavy atom. The molecule has 2 amide bonds. The van der Waals surface area contributed by atoms with E-state index in [1.165, 1.54) is 12.1 Å². The fraction of sp³-hybridized carbons (Fsp3) is 0.500. The third kappa shape index (κ3) is 4.74. The number of rotatable bonds is 4. The van der Waals surface area contributed by atoms with Crippen molar-refractivity contribution < 1.29 is 18.5 Å². The third-order valence-electron chi connectivity index (χ3n) is 4.68. The molecule has 28 heavy (non-hydrogen) atoms. The van der Waals surface area contributed by atoms with Gasteiger partial charge in [0.1, 0.15) is 5.82 Å². The molecule has 0 N–H and O–H groups in total. The van der Waals surface area contributed by atoms with Gasteiger partial charge in [-0.2, -0.15) is 4.98 Å². The van der Waals surface area contributed by atoms with E-state index in [1.807, 2.05) is 25.7 Å². The summed E-state index contributed by atoms with van der Waals surface area (Å²) in [5, 5.41) is 3.88. The molecule has 0 radical (unpaired) electrons. The van der Waals surface area contributed by atoms with Crippen LogP contribution in [-0.2, 0) is 16.0 Å². The molecule has 0 unspecified atom stereocenters. The summed E-state index contributed by atoms with van der Waals surface area (Å²) in [5.74, 6) is 0.525. The molecule has 2 heterocycles. The maximum Gasteiger partial charge on any atom is 0.228 e. The van der Waals surface area contributed by atoms with E-state index in [-0.39, 0.29) is 24.1 Å². The zero-order valence-electron chi connectivity index (χ0n) is 16.4. The van der Waals surface area contributed by atoms with E-state index < -0.39 is 5.41 Å². The third-order valence-corrected chi connectivity index (χ3v) is 4.68. The van der Waals surface area contributed by atoms with Gasteiger partial charge >= 0.3 is 0 Å². The summed E-state index contributed by atoms with van der Waals surface area (Å²) in [4.78, 5) is 32.6. The Morgan fingerprint density at radius 2 is 1.68 bits per heavy atom. The predicted octanol–water partition coefficient (Wildman–Crippen LogP) is 2.53. The van der Waals surface area contributed by atoms with Crippen LogP contribution in [-0.4, -0.2) is 57.9 Å². The Balaban J connectivity index is 1.49.